The molecule has 0 aromatic rings. The van der Waals surface area contributed by atoms with Crippen LogP contribution in [0.15, 0.2) is 0 Å². The molecule has 0 rings (SSSR count). The Hall–Kier alpha value is -0.530. The molecule has 0 aromatic carbocycles. The van der Waals surface area contributed by atoms with Crippen molar-refractivity contribution in [3.05, 3.63) is 0 Å². The van der Waals surface area contributed by atoms with Crippen LogP contribution in [0.4, 0.5) is 0 Å². The van der Waals surface area contributed by atoms with E-state index < -0.39 is 0 Å². The molecule has 2 nitrogen and oxygen atoms in total. The van der Waals surface area contributed by atoms with E-state index in [1.165, 1.54) is 212 Å². The van der Waals surface area contributed by atoms with Crippen LogP contribution in [-0.2, 0) is 9.53 Å². The van der Waals surface area contributed by atoms with Crippen LogP contribution in [0.2, 0.25) is 0 Å². The Labute approximate surface area is 266 Å². The van der Waals surface area contributed by atoms with Crippen LogP contribution in [0.1, 0.15) is 245 Å². The molecule has 0 spiro atoms. The lowest BCUT2D eigenvalue weighted by atomic mass is 10.0. The van der Waals surface area contributed by atoms with Crippen LogP contribution < -0.4 is 0 Å². The molecule has 0 aliphatic carbocycles. The Morgan fingerprint density at radius 3 is 0.786 bits per heavy atom. The SMILES string of the molecule is CCCCCCCCCCCCCCCCCCCCCCCOC(=O)CCCCCCCCCCCCCCCC. The van der Waals surface area contributed by atoms with Crippen molar-refractivity contribution in [3.8, 4) is 0 Å². The molecule has 42 heavy (non-hydrogen) atoms. The van der Waals surface area contributed by atoms with E-state index in [2.05, 4.69) is 13.8 Å². The molecular weight excluding hydrogens is 512 g/mol. The van der Waals surface area contributed by atoms with Crippen LogP contribution >= 0.6 is 0 Å². The fourth-order valence-electron chi connectivity index (χ4n) is 6.26. The van der Waals surface area contributed by atoms with Gasteiger partial charge in [0, 0.05) is 6.42 Å². The van der Waals surface area contributed by atoms with Crippen molar-refractivity contribution < 1.29 is 9.53 Å². The summed E-state index contributed by atoms with van der Waals surface area (Å²) in [5.74, 6) is 0.0297. The number of ether oxygens (including phenoxy) is 1. The number of hydrogen-bond acceptors (Lipinski definition) is 2. The third-order valence-corrected chi connectivity index (χ3v) is 9.25. The van der Waals surface area contributed by atoms with Crippen molar-refractivity contribution in [3.63, 3.8) is 0 Å². The third-order valence-electron chi connectivity index (χ3n) is 9.25. The fourth-order valence-corrected chi connectivity index (χ4v) is 6.26. The molecule has 0 unspecified atom stereocenters. The van der Waals surface area contributed by atoms with E-state index in [1.807, 2.05) is 0 Å². The summed E-state index contributed by atoms with van der Waals surface area (Å²) in [6.45, 7) is 5.22. The van der Waals surface area contributed by atoms with Gasteiger partial charge in [0.05, 0.1) is 6.61 Å². The van der Waals surface area contributed by atoms with Gasteiger partial charge < -0.3 is 4.74 Å². The quantitative estimate of drug-likeness (QED) is 0.0529. The zero-order valence-electron chi connectivity index (χ0n) is 29.5. The number of esters is 1. The molecule has 0 saturated heterocycles. The number of rotatable bonds is 37. The second-order valence-electron chi connectivity index (χ2n) is 13.6. The van der Waals surface area contributed by atoms with Gasteiger partial charge in [-0.1, -0.05) is 226 Å². The van der Waals surface area contributed by atoms with Gasteiger partial charge in [0.25, 0.3) is 0 Å². The van der Waals surface area contributed by atoms with Gasteiger partial charge in [-0.15, -0.1) is 0 Å². The summed E-state index contributed by atoms with van der Waals surface area (Å²) >= 11 is 0. The fraction of sp³-hybridized carbons (Fsp3) is 0.975. The molecule has 252 valence electrons. The first-order valence-corrected chi connectivity index (χ1v) is 20.0. The average Bonchev–Trinajstić information content (AvgIpc) is 3.00. The van der Waals surface area contributed by atoms with Crippen LogP contribution in [-0.4, -0.2) is 12.6 Å². The van der Waals surface area contributed by atoms with Crippen molar-refractivity contribution in [1.29, 1.82) is 0 Å². The summed E-state index contributed by atoms with van der Waals surface area (Å²) in [5.41, 5.74) is 0. The highest BCUT2D eigenvalue weighted by Gasteiger charge is 2.03. The molecule has 0 heterocycles. The van der Waals surface area contributed by atoms with E-state index >= 15 is 0 Å². The predicted octanol–water partition coefficient (Wildman–Crippen LogP) is 14.6. The maximum absolute atomic E-state index is 11.9. The Morgan fingerprint density at radius 1 is 0.310 bits per heavy atom. The highest BCUT2D eigenvalue weighted by Crippen LogP contribution is 2.16. The summed E-state index contributed by atoms with van der Waals surface area (Å²) in [6, 6.07) is 0. The van der Waals surface area contributed by atoms with Crippen molar-refractivity contribution in [2.24, 2.45) is 0 Å². The Balaban J connectivity index is 3.13. The van der Waals surface area contributed by atoms with Crippen molar-refractivity contribution >= 4 is 5.97 Å². The largest absolute Gasteiger partial charge is 0.466 e. The number of carbonyl (C=O) groups excluding carboxylic acids is 1. The summed E-state index contributed by atoms with van der Waals surface area (Å²) < 4.78 is 5.46. The van der Waals surface area contributed by atoms with E-state index in [0.717, 1.165) is 12.8 Å². The molecule has 0 amide bonds. The molecular formula is C40H80O2. The topological polar surface area (TPSA) is 26.3 Å². The summed E-state index contributed by atoms with van der Waals surface area (Å²) in [5, 5.41) is 0. The lowest BCUT2D eigenvalue weighted by Crippen LogP contribution is -2.05. The van der Waals surface area contributed by atoms with Crippen molar-refractivity contribution in [1.82, 2.24) is 0 Å². The minimum atomic E-state index is 0.0297. The smallest absolute Gasteiger partial charge is 0.305 e. The monoisotopic (exact) mass is 593 g/mol. The maximum Gasteiger partial charge on any atom is 0.305 e. The number of carbonyl (C=O) groups is 1. The van der Waals surface area contributed by atoms with Gasteiger partial charge in [0.15, 0.2) is 0 Å². The molecule has 0 fully saturated rings. The van der Waals surface area contributed by atoms with E-state index in [9.17, 15) is 4.79 Å². The summed E-state index contributed by atoms with van der Waals surface area (Å²) in [6.07, 6.45) is 49.0. The van der Waals surface area contributed by atoms with Gasteiger partial charge in [-0.3, -0.25) is 4.79 Å². The molecule has 0 aliphatic rings. The molecule has 0 saturated carbocycles. The van der Waals surface area contributed by atoms with Crippen LogP contribution in [0.25, 0.3) is 0 Å². The van der Waals surface area contributed by atoms with Crippen LogP contribution in [0, 0.1) is 0 Å². The lowest BCUT2D eigenvalue weighted by Gasteiger charge is -2.06. The first-order chi connectivity index (χ1) is 20.8. The average molecular weight is 593 g/mol. The van der Waals surface area contributed by atoms with E-state index in [1.54, 1.807) is 0 Å². The molecule has 0 bridgehead atoms. The van der Waals surface area contributed by atoms with Crippen LogP contribution in [0.3, 0.4) is 0 Å². The molecule has 0 N–H and O–H groups in total. The van der Waals surface area contributed by atoms with Crippen molar-refractivity contribution in [2.45, 2.75) is 245 Å². The maximum atomic E-state index is 11.9. The van der Waals surface area contributed by atoms with Gasteiger partial charge in [-0.25, -0.2) is 0 Å². The minimum absolute atomic E-state index is 0.0297. The Morgan fingerprint density at radius 2 is 0.524 bits per heavy atom. The minimum Gasteiger partial charge on any atom is -0.466 e. The predicted molar refractivity (Wildman–Crippen MR) is 189 cm³/mol. The van der Waals surface area contributed by atoms with Gasteiger partial charge in [0.2, 0.25) is 0 Å². The van der Waals surface area contributed by atoms with Gasteiger partial charge >= 0.3 is 5.97 Å². The van der Waals surface area contributed by atoms with E-state index in [-0.39, 0.29) is 5.97 Å². The molecule has 0 atom stereocenters. The highest BCUT2D eigenvalue weighted by atomic mass is 16.5. The molecule has 0 aromatic heterocycles. The van der Waals surface area contributed by atoms with E-state index in [0.29, 0.717) is 13.0 Å². The van der Waals surface area contributed by atoms with Gasteiger partial charge in [-0.2, -0.15) is 0 Å². The second kappa shape index (κ2) is 38.5. The number of unbranched alkanes of at least 4 members (excludes halogenated alkanes) is 33. The van der Waals surface area contributed by atoms with Gasteiger partial charge in [0.1, 0.15) is 0 Å². The summed E-state index contributed by atoms with van der Waals surface area (Å²) in [4.78, 5) is 11.9. The molecule has 0 radical (unpaired) electrons. The highest BCUT2D eigenvalue weighted by molar-refractivity contribution is 5.69. The van der Waals surface area contributed by atoms with Crippen molar-refractivity contribution in [2.75, 3.05) is 6.61 Å². The standard InChI is InChI=1S/C40H80O2/c1-3-5-7-9-11-13-15-17-19-20-21-22-23-24-25-27-29-31-33-35-37-39-42-40(41)38-36-34-32-30-28-26-18-16-14-12-10-8-6-4-2/h3-39H2,1-2H3. The lowest BCUT2D eigenvalue weighted by molar-refractivity contribution is -0.143. The first-order valence-electron chi connectivity index (χ1n) is 20.0. The Bertz CT molecular complexity index is 488. The normalized spacial score (nSPS) is 11.4. The molecule has 0 aliphatic heterocycles. The van der Waals surface area contributed by atoms with Gasteiger partial charge in [-0.05, 0) is 12.8 Å². The number of hydrogen-bond donors (Lipinski definition) is 0. The third kappa shape index (κ3) is 37.5. The summed E-state index contributed by atoms with van der Waals surface area (Å²) in [7, 11) is 0. The Kier molecular flexibility index (Phi) is 38.0. The zero-order valence-corrected chi connectivity index (χ0v) is 29.5. The first kappa shape index (κ1) is 41.5. The van der Waals surface area contributed by atoms with Crippen LogP contribution in [0.5, 0.6) is 0 Å². The molecule has 2 heteroatoms. The second-order valence-corrected chi connectivity index (χ2v) is 13.6. The van der Waals surface area contributed by atoms with E-state index in [4.69, 9.17) is 4.74 Å². The zero-order chi connectivity index (χ0) is 30.4.